The SMILES string of the molecule is CC1(C)OB(c2csc(F)n2)OC1(C)C. The lowest BCUT2D eigenvalue weighted by atomic mass is 9.86. The highest BCUT2D eigenvalue weighted by atomic mass is 32.1. The standard InChI is InChI=1S/C9H13BFNO2S/c1-8(2)9(3,4)14-10(13-8)6-5-15-7(11)12-6/h5H,1-4H3. The quantitative estimate of drug-likeness (QED) is 0.685. The van der Waals surface area contributed by atoms with E-state index in [0.717, 1.165) is 11.3 Å². The molecule has 0 aromatic carbocycles. The van der Waals surface area contributed by atoms with Crippen LogP contribution >= 0.6 is 11.3 Å². The van der Waals surface area contributed by atoms with Crippen molar-refractivity contribution >= 4 is 24.0 Å². The van der Waals surface area contributed by atoms with Crippen molar-refractivity contribution in [2.24, 2.45) is 0 Å². The van der Waals surface area contributed by atoms with Gasteiger partial charge in [0.15, 0.2) is 0 Å². The zero-order chi connectivity index (χ0) is 11.3. The maximum Gasteiger partial charge on any atom is 0.515 e. The van der Waals surface area contributed by atoms with E-state index >= 15 is 0 Å². The van der Waals surface area contributed by atoms with E-state index in [2.05, 4.69) is 4.98 Å². The fourth-order valence-corrected chi connectivity index (χ4v) is 1.88. The Morgan fingerprint density at radius 1 is 1.27 bits per heavy atom. The van der Waals surface area contributed by atoms with Crippen LogP contribution < -0.4 is 5.59 Å². The van der Waals surface area contributed by atoms with Crippen LogP contribution in [0.25, 0.3) is 0 Å². The Kier molecular flexibility index (Phi) is 2.40. The summed E-state index contributed by atoms with van der Waals surface area (Å²) in [4.78, 5) is 3.73. The van der Waals surface area contributed by atoms with Gasteiger partial charge in [-0.2, -0.15) is 4.39 Å². The summed E-state index contributed by atoms with van der Waals surface area (Å²) < 4.78 is 24.2. The maximum absolute atomic E-state index is 12.8. The Morgan fingerprint density at radius 2 is 1.80 bits per heavy atom. The fourth-order valence-electron chi connectivity index (χ4n) is 1.34. The molecule has 0 saturated carbocycles. The molecule has 2 rings (SSSR count). The van der Waals surface area contributed by atoms with E-state index in [0.29, 0.717) is 5.59 Å². The number of halogens is 1. The molecule has 0 spiro atoms. The summed E-state index contributed by atoms with van der Waals surface area (Å²) in [5, 5.41) is 1.16. The Hall–Kier alpha value is -0.455. The molecule has 0 aliphatic carbocycles. The van der Waals surface area contributed by atoms with Gasteiger partial charge < -0.3 is 9.31 Å². The Balaban J connectivity index is 2.23. The van der Waals surface area contributed by atoms with Gasteiger partial charge in [-0.15, -0.1) is 0 Å². The minimum Gasteiger partial charge on any atom is -0.398 e. The van der Waals surface area contributed by atoms with Gasteiger partial charge in [0.25, 0.3) is 5.26 Å². The predicted octanol–water partition coefficient (Wildman–Crippen LogP) is 1.58. The molecule has 0 bridgehead atoms. The topological polar surface area (TPSA) is 31.4 Å². The van der Waals surface area contributed by atoms with Crippen molar-refractivity contribution in [1.29, 1.82) is 0 Å². The highest BCUT2D eigenvalue weighted by Gasteiger charge is 2.52. The van der Waals surface area contributed by atoms with Crippen LogP contribution in [0.4, 0.5) is 4.39 Å². The highest BCUT2D eigenvalue weighted by Crippen LogP contribution is 2.36. The molecule has 1 aliphatic heterocycles. The van der Waals surface area contributed by atoms with Crippen molar-refractivity contribution in [3.8, 4) is 0 Å². The molecule has 0 radical (unpaired) electrons. The monoisotopic (exact) mass is 229 g/mol. The van der Waals surface area contributed by atoms with Crippen LogP contribution in [0.3, 0.4) is 0 Å². The first kappa shape index (κ1) is 11.0. The maximum atomic E-state index is 12.8. The van der Waals surface area contributed by atoms with Gasteiger partial charge in [-0.3, -0.25) is 0 Å². The minimum atomic E-state index is -0.559. The molecule has 1 saturated heterocycles. The van der Waals surface area contributed by atoms with E-state index in [1.807, 2.05) is 27.7 Å². The molecule has 0 unspecified atom stereocenters. The Labute approximate surface area is 92.8 Å². The Bertz CT molecular complexity index is 364. The van der Waals surface area contributed by atoms with E-state index in [1.54, 1.807) is 5.38 Å². The third kappa shape index (κ3) is 1.81. The number of aromatic nitrogens is 1. The van der Waals surface area contributed by atoms with E-state index in [9.17, 15) is 4.39 Å². The molecular formula is C9H13BFNO2S. The van der Waals surface area contributed by atoms with Crippen molar-refractivity contribution in [1.82, 2.24) is 4.98 Å². The molecular weight excluding hydrogens is 216 g/mol. The molecule has 2 heterocycles. The van der Waals surface area contributed by atoms with Crippen LogP contribution in [0, 0.1) is 5.26 Å². The molecule has 1 aromatic rings. The van der Waals surface area contributed by atoms with Crippen LogP contribution in [-0.4, -0.2) is 23.3 Å². The normalized spacial score (nSPS) is 23.4. The third-order valence-electron chi connectivity index (χ3n) is 2.99. The van der Waals surface area contributed by atoms with E-state index in [4.69, 9.17) is 9.31 Å². The van der Waals surface area contributed by atoms with Gasteiger partial charge in [0.1, 0.15) is 0 Å². The molecule has 1 aromatic heterocycles. The van der Waals surface area contributed by atoms with Gasteiger partial charge in [0.2, 0.25) is 0 Å². The van der Waals surface area contributed by atoms with Crippen molar-refractivity contribution in [3.63, 3.8) is 0 Å². The van der Waals surface area contributed by atoms with Crippen molar-refractivity contribution < 1.29 is 13.7 Å². The highest BCUT2D eigenvalue weighted by molar-refractivity contribution is 7.09. The molecule has 15 heavy (non-hydrogen) atoms. The van der Waals surface area contributed by atoms with Crippen LogP contribution in [0.15, 0.2) is 5.38 Å². The zero-order valence-electron chi connectivity index (χ0n) is 9.20. The van der Waals surface area contributed by atoms with Gasteiger partial charge in [-0.1, -0.05) is 11.3 Å². The largest absolute Gasteiger partial charge is 0.515 e. The average molecular weight is 229 g/mol. The second-order valence-corrected chi connectivity index (χ2v) is 5.42. The summed E-state index contributed by atoms with van der Waals surface area (Å²) in [6.45, 7) is 7.82. The second kappa shape index (κ2) is 3.27. The van der Waals surface area contributed by atoms with Crippen molar-refractivity contribution in [2.45, 2.75) is 38.9 Å². The van der Waals surface area contributed by atoms with Crippen molar-refractivity contribution in [3.05, 3.63) is 10.6 Å². The van der Waals surface area contributed by atoms with Gasteiger partial charge in [0, 0.05) is 5.38 Å². The van der Waals surface area contributed by atoms with Crippen LogP contribution in [0.5, 0.6) is 0 Å². The number of thiazole rings is 1. The van der Waals surface area contributed by atoms with Gasteiger partial charge in [-0.05, 0) is 27.7 Å². The number of nitrogens with zero attached hydrogens (tertiary/aromatic N) is 1. The number of hydrogen-bond donors (Lipinski definition) is 0. The second-order valence-electron chi connectivity index (χ2n) is 4.61. The summed E-state index contributed by atoms with van der Waals surface area (Å²) in [6.07, 6.45) is 0. The molecule has 1 aliphatic rings. The summed E-state index contributed by atoms with van der Waals surface area (Å²) in [5.74, 6) is 0. The smallest absolute Gasteiger partial charge is 0.398 e. The molecule has 6 heteroatoms. The van der Waals surface area contributed by atoms with Gasteiger partial charge >= 0.3 is 7.12 Å². The first-order chi connectivity index (χ1) is 6.82. The minimum absolute atomic E-state index is 0.405. The molecule has 82 valence electrons. The first-order valence-electron chi connectivity index (χ1n) is 4.78. The molecule has 1 fully saturated rings. The lowest BCUT2D eigenvalue weighted by Crippen LogP contribution is -2.41. The lowest BCUT2D eigenvalue weighted by molar-refractivity contribution is 0.00578. The zero-order valence-corrected chi connectivity index (χ0v) is 10.0. The Morgan fingerprint density at radius 3 is 2.20 bits per heavy atom. The van der Waals surface area contributed by atoms with Crippen LogP contribution in [-0.2, 0) is 9.31 Å². The predicted molar refractivity (Wildman–Crippen MR) is 57.8 cm³/mol. The van der Waals surface area contributed by atoms with Crippen molar-refractivity contribution in [2.75, 3.05) is 0 Å². The average Bonchev–Trinajstić information content (AvgIpc) is 2.56. The van der Waals surface area contributed by atoms with E-state index in [-0.39, 0.29) is 0 Å². The molecule has 0 amide bonds. The number of hydrogen-bond acceptors (Lipinski definition) is 4. The first-order valence-corrected chi connectivity index (χ1v) is 5.66. The van der Waals surface area contributed by atoms with Gasteiger partial charge in [-0.25, -0.2) is 4.98 Å². The number of rotatable bonds is 1. The van der Waals surface area contributed by atoms with Gasteiger partial charge in [0.05, 0.1) is 16.8 Å². The summed E-state index contributed by atoms with van der Waals surface area (Å²) in [6, 6.07) is 0. The molecule has 0 N–H and O–H groups in total. The lowest BCUT2D eigenvalue weighted by Gasteiger charge is -2.32. The molecule has 3 nitrogen and oxygen atoms in total. The van der Waals surface area contributed by atoms with Crippen LogP contribution in [0.1, 0.15) is 27.7 Å². The van der Waals surface area contributed by atoms with Crippen LogP contribution in [0.2, 0.25) is 0 Å². The fraction of sp³-hybridized carbons (Fsp3) is 0.667. The summed E-state index contributed by atoms with van der Waals surface area (Å²) in [5.41, 5.74) is -0.300. The third-order valence-corrected chi connectivity index (χ3v) is 3.63. The summed E-state index contributed by atoms with van der Waals surface area (Å²) in [7, 11) is -0.559. The molecule has 0 atom stereocenters. The van der Waals surface area contributed by atoms with E-state index < -0.39 is 23.6 Å². The van der Waals surface area contributed by atoms with E-state index in [1.165, 1.54) is 0 Å². The summed E-state index contributed by atoms with van der Waals surface area (Å²) >= 11 is 0.954.